The molecular weight excluding hydrogens is 470 g/mol. The average molecular weight is 492 g/mol. The highest BCUT2D eigenvalue weighted by molar-refractivity contribution is 7.99. The Morgan fingerprint density at radius 1 is 1.06 bits per heavy atom. The summed E-state index contributed by atoms with van der Waals surface area (Å²) in [6, 6.07) is 11.2. The van der Waals surface area contributed by atoms with E-state index in [2.05, 4.69) is 15.2 Å². The summed E-state index contributed by atoms with van der Waals surface area (Å²) in [6.07, 6.45) is -0.912. The van der Waals surface area contributed by atoms with Gasteiger partial charge in [-0.3, -0.25) is 9.89 Å². The van der Waals surface area contributed by atoms with Gasteiger partial charge in [0, 0.05) is 31.9 Å². The van der Waals surface area contributed by atoms with Gasteiger partial charge in [-0.1, -0.05) is 36.0 Å². The molecule has 0 radical (unpaired) electrons. The van der Waals surface area contributed by atoms with Gasteiger partial charge < -0.3 is 9.80 Å². The van der Waals surface area contributed by atoms with Crippen LogP contribution in [0.25, 0.3) is 12.2 Å². The van der Waals surface area contributed by atoms with Crippen LogP contribution in [0.1, 0.15) is 17.0 Å². The summed E-state index contributed by atoms with van der Waals surface area (Å²) in [5.74, 6) is 0.274. The highest BCUT2D eigenvalue weighted by Gasteiger charge is 2.31. The van der Waals surface area contributed by atoms with Crippen LogP contribution >= 0.6 is 11.8 Å². The largest absolute Gasteiger partial charge is 0.416 e. The lowest BCUT2D eigenvalue weighted by molar-refractivity contribution is -0.137. The smallest absolute Gasteiger partial charge is 0.368 e. The van der Waals surface area contributed by atoms with Gasteiger partial charge in [0.05, 0.1) is 11.3 Å². The van der Waals surface area contributed by atoms with Crippen molar-refractivity contribution >= 4 is 35.5 Å². The Kier molecular flexibility index (Phi) is 7.20. The van der Waals surface area contributed by atoms with Gasteiger partial charge in [-0.25, -0.2) is 9.37 Å². The summed E-state index contributed by atoms with van der Waals surface area (Å²) in [4.78, 5) is 20.4. The van der Waals surface area contributed by atoms with Gasteiger partial charge in [0.2, 0.25) is 11.1 Å². The predicted molar refractivity (Wildman–Crippen MR) is 123 cm³/mol. The first kappa shape index (κ1) is 23.8. The molecule has 0 unspecified atom stereocenters. The molecule has 1 N–H and O–H groups in total. The highest BCUT2D eigenvalue weighted by atomic mass is 32.2. The second kappa shape index (κ2) is 10.3. The third-order valence-corrected chi connectivity index (χ3v) is 6.11. The molecule has 0 spiro atoms. The molecule has 0 saturated carbocycles. The minimum Gasteiger partial charge on any atom is -0.368 e. The molecule has 0 atom stereocenters. The van der Waals surface area contributed by atoms with E-state index in [4.69, 9.17) is 0 Å². The Hall–Kier alpha value is -3.34. The third kappa shape index (κ3) is 6.16. The average Bonchev–Trinajstić information content (AvgIpc) is 3.30. The molecule has 0 aliphatic carbocycles. The van der Waals surface area contributed by atoms with Crippen LogP contribution in [0.5, 0.6) is 0 Å². The molecule has 2 aromatic carbocycles. The quantitative estimate of drug-likeness (QED) is 0.404. The number of rotatable bonds is 6. The molecule has 4 rings (SSSR count). The first-order chi connectivity index (χ1) is 16.3. The van der Waals surface area contributed by atoms with Crippen LogP contribution in [-0.4, -0.2) is 57.9 Å². The van der Waals surface area contributed by atoms with Gasteiger partial charge in [0.15, 0.2) is 0 Å². The lowest BCUT2D eigenvalue weighted by Crippen LogP contribution is -2.49. The number of hydrogen-bond donors (Lipinski definition) is 1. The molecule has 11 heteroatoms. The molecule has 1 saturated heterocycles. The summed E-state index contributed by atoms with van der Waals surface area (Å²) in [6.45, 7) is 1.76. The number of H-pyrrole nitrogens is 1. The Morgan fingerprint density at radius 2 is 1.79 bits per heavy atom. The van der Waals surface area contributed by atoms with Crippen LogP contribution in [0.3, 0.4) is 0 Å². The van der Waals surface area contributed by atoms with Crippen molar-refractivity contribution < 1.29 is 22.4 Å². The Labute approximate surface area is 197 Å². The van der Waals surface area contributed by atoms with Crippen LogP contribution in [-0.2, 0) is 11.0 Å². The number of hydrogen-bond acceptors (Lipinski definition) is 5. The molecule has 1 aliphatic rings. The zero-order chi connectivity index (χ0) is 24.1. The molecule has 3 aromatic rings. The number of benzene rings is 2. The Morgan fingerprint density at radius 3 is 2.50 bits per heavy atom. The number of carbonyl (C=O) groups is 1. The number of anilines is 1. The van der Waals surface area contributed by atoms with Crippen molar-refractivity contribution in [2.24, 2.45) is 0 Å². The molecule has 178 valence electrons. The van der Waals surface area contributed by atoms with E-state index in [1.54, 1.807) is 35.3 Å². The molecule has 1 amide bonds. The van der Waals surface area contributed by atoms with Crippen molar-refractivity contribution in [3.05, 3.63) is 71.3 Å². The molecule has 1 fully saturated rings. The van der Waals surface area contributed by atoms with Gasteiger partial charge in [0.25, 0.3) is 0 Å². The number of thioether (sulfide) groups is 1. The van der Waals surface area contributed by atoms with Crippen LogP contribution in [0.4, 0.5) is 23.2 Å². The summed E-state index contributed by atoms with van der Waals surface area (Å²) < 4.78 is 51.8. The van der Waals surface area contributed by atoms with Crippen LogP contribution in [0.15, 0.2) is 53.7 Å². The zero-order valence-corrected chi connectivity index (χ0v) is 18.7. The molecule has 1 aliphatic heterocycles. The zero-order valence-electron chi connectivity index (χ0n) is 17.9. The van der Waals surface area contributed by atoms with Crippen molar-refractivity contribution in [2.45, 2.75) is 11.3 Å². The van der Waals surface area contributed by atoms with Crippen molar-refractivity contribution in [3.8, 4) is 0 Å². The van der Waals surface area contributed by atoms with E-state index in [0.717, 1.165) is 17.7 Å². The molecular formula is C23H21F4N5OS. The van der Waals surface area contributed by atoms with Gasteiger partial charge in [0.1, 0.15) is 11.6 Å². The number of amides is 1. The van der Waals surface area contributed by atoms with Crippen molar-refractivity contribution in [2.75, 3.05) is 36.8 Å². The number of halogens is 4. The first-order valence-electron chi connectivity index (χ1n) is 10.5. The SMILES string of the molecule is O=C(CSc1n[nH]c(C=Cc2ccc(F)cc2)n1)N1CCN(c2cccc(C(F)(F)F)c2)CC1. The molecule has 34 heavy (non-hydrogen) atoms. The maximum absolute atomic E-state index is 13.0. The van der Waals surface area contributed by atoms with Crippen LogP contribution in [0, 0.1) is 5.82 Å². The number of aromatic nitrogens is 3. The van der Waals surface area contributed by atoms with Crippen molar-refractivity contribution in [1.29, 1.82) is 0 Å². The van der Waals surface area contributed by atoms with Gasteiger partial charge in [-0.2, -0.15) is 13.2 Å². The first-order valence-corrected chi connectivity index (χ1v) is 11.5. The Balaban J connectivity index is 1.25. The molecule has 2 heterocycles. The second-order valence-electron chi connectivity index (χ2n) is 7.59. The van der Waals surface area contributed by atoms with E-state index in [1.165, 1.54) is 30.0 Å². The second-order valence-corrected chi connectivity index (χ2v) is 8.54. The van der Waals surface area contributed by atoms with Gasteiger partial charge in [-0.05, 0) is 42.0 Å². The monoisotopic (exact) mass is 491 g/mol. The number of nitrogens with zero attached hydrogens (tertiary/aromatic N) is 4. The molecule has 0 bridgehead atoms. The maximum Gasteiger partial charge on any atom is 0.416 e. The molecule has 1 aromatic heterocycles. The number of aromatic amines is 1. The van der Waals surface area contributed by atoms with E-state index in [0.29, 0.717) is 42.8 Å². The number of piperazine rings is 1. The fourth-order valence-electron chi connectivity index (χ4n) is 3.46. The minimum absolute atomic E-state index is 0.0816. The summed E-state index contributed by atoms with van der Waals surface area (Å²) in [7, 11) is 0. The summed E-state index contributed by atoms with van der Waals surface area (Å²) in [5.41, 5.74) is 0.628. The molecule has 6 nitrogen and oxygen atoms in total. The van der Waals surface area contributed by atoms with E-state index in [9.17, 15) is 22.4 Å². The topological polar surface area (TPSA) is 65.1 Å². The summed E-state index contributed by atoms with van der Waals surface area (Å²) >= 11 is 1.20. The standard InChI is InChI=1S/C23H21F4N5OS/c24-18-7-4-16(5-8-18)6-9-20-28-22(30-29-20)34-15-21(33)32-12-10-31(11-13-32)19-3-1-2-17(14-19)23(25,26)27/h1-9,14H,10-13,15H2,(H,28,29,30). The lowest BCUT2D eigenvalue weighted by Gasteiger charge is -2.36. The summed E-state index contributed by atoms with van der Waals surface area (Å²) in [5, 5.41) is 7.29. The van der Waals surface area contributed by atoms with E-state index >= 15 is 0 Å². The Bertz CT molecular complexity index is 1150. The normalized spacial score (nSPS) is 14.7. The highest BCUT2D eigenvalue weighted by Crippen LogP contribution is 2.32. The van der Waals surface area contributed by atoms with E-state index in [1.807, 2.05) is 4.90 Å². The lowest BCUT2D eigenvalue weighted by atomic mass is 10.1. The van der Waals surface area contributed by atoms with Crippen molar-refractivity contribution in [1.82, 2.24) is 20.1 Å². The van der Waals surface area contributed by atoms with E-state index in [-0.39, 0.29) is 17.5 Å². The van der Waals surface area contributed by atoms with Gasteiger partial charge >= 0.3 is 6.18 Å². The van der Waals surface area contributed by atoms with Crippen molar-refractivity contribution in [3.63, 3.8) is 0 Å². The predicted octanol–water partition coefficient (Wildman–Crippen LogP) is 4.57. The maximum atomic E-state index is 13.0. The fraction of sp³-hybridized carbons (Fsp3) is 0.261. The van der Waals surface area contributed by atoms with Crippen LogP contribution < -0.4 is 4.90 Å². The third-order valence-electron chi connectivity index (χ3n) is 5.28. The van der Waals surface area contributed by atoms with E-state index < -0.39 is 11.7 Å². The van der Waals surface area contributed by atoms with Gasteiger partial charge in [-0.15, -0.1) is 5.10 Å². The minimum atomic E-state index is -4.39. The number of nitrogens with one attached hydrogen (secondary N) is 1. The number of alkyl halides is 3. The van der Waals surface area contributed by atoms with Crippen LogP contribution in [0.2, 0.25) is 0 Å². The number of carbonyl (C=O) groups excluding carboxylic acids is 1. The fourth-order valence-corrected chi connectivity index (χ4v) is 4.17.